The van der Waals surface area contributed by atoms with Crippen LogP contribution in [0.5, 0.6) is 11.5 Å². The van der Waals surface area contributed by atoms with Crippen molar-refractivity contribution in [1.29, 1.82) is 0 Å². The number of benzene rings is 1. The molecule has 0 radical (unpaired) electrons. The Labute approximate surface area is 128 Å². The molecule has 0 saturated heterocycles. The van der Waals surface area contributed by atoms with Crippen molar-refractivity contribution < 1.29 is 23.8 Å². The Morgan fingerprint density at radius 3 is 2.23 bits per heavy atom. The zero-order valence-corrected chi connectivity index (χ0v) is 12.9. The number of aromatic amines is 1. The smallest absolute Gasteiger partial charge is 0.360 e. The highest BCUT2D eigenvalue weighted by Gasteiger charge is 2.24. The molecular formula is C16H17NO5. The van der Waals surface area contributed by atoms with Crippen LogP contribution in [0.4, 0.5) is 0 Å². The van der Waals surface area contributed by atoms with Gasteiger partial charge in [0.25, 0.3) is 0 Å². The van der Waals surface area contributed by atoms with Gasteiger partial charge in [-0.3, -0.25) is 0 Å². The summed E-state index contributed by atoms with van der Waals surface area (Å²) >= 11 is 0. The van der Waals surface area contributed by atoms with E-state index in [2.05, 4.69) is 4.98 Å². The number of H-pyrrole nitrogens is 1. The second-order valence-corrected chi connectivity index (χ2v) is 4.66. The molecule has 2 aromatic rings. The normalized spacial score (nSPS) is 10.2. The molecule has 1 heterocycles. The second-order valence-electron chi connectivity index (χ2n) is 4.66. The molecule has 0 spiro atoms. The van der Waals surface area contributed by atoms with Gasteiger partial charge in [-0.15, -0.1) is 0 Å². The Balaban J connectivity index is 2.33. The molecule has 116 valence electrons. The van der Waals surface area contributed by atoms with Crippen LogP contribution in [0.1, 0.15) is 32.1 Å². The van der Waals surface area contributed by atoms with E-state index in [1.165, 1.54) is 14.2 Å². The zero-order chi connectivity index (χ0) is 16.3. The highest BCUT2D eigenvalue weighted by atomic mass is 16.6. The minimum Gasteiger partial charge on any atom is -0.493 e. The minimum atomic E-state index is -0.597. The lowest BCUT2D eigenvalue weighted by atomic mass is 10.1. The van der Waals surface area contributed by atoms with Crippen LogP contribution in [0.3, 0.4) is 0 Å². The molecule has 0 fully saturated rings. The van der Waals surface area contributed by atoms with Crippen molar-refractivity contribution in [3.8, 4) is 11.5 Å². The number of hydrogen-bond acceptors (Lipinski definition) is 5. The number of carbonyl (C=O) groups is 2. The monoisotopic (exact) mass is 303 g/mol. The number of aromatic nitrogens is 1. The summed E-state index contributed by atoms with van der Waals surface area (Å²) in [6.45, 7) is 3.35. The Bertz CT molecular complexity index is 717. The first-order valence-corrected chi connectivity index (χ1v) is 6.62. The Morgan fingerprint density at radius 2 is 1.64 bits per heavy atom. The van der Waals surface area contributed by atoms with Crippen LogP contribution >= 0.6 is 0 Å². The number of hydrogen-bond donors (Lipinski definition) is 1. The van der Waals surface area contributed by atoms with Crippen molar-refractivity contribution in [2.45, 2.75) is 13.8 Å². The van der Waals surface area contributed by atoms with Crippen molar-refractivity contribution >= 4 is 11.9 Å². The third kappa shape index (κ3) is 2.81. The van der Waals surface area contributed by atoms with E-state index < -0.39 is 11.9 Å². The van der Waals surface area contributed by atoms with Crippen molar-refractivity contribution in [3.05, 3.63) is 46.8 Å². The number of esters is 2. The quantitative estimate of drug-likeness (QED) is 0.694. The SMILES string of the molecule is COC(=O)c1c(C)[nH]c(C(=O)Oc2ccccc2OC)c1C. The molecule has 1 aromatic heterocycles. The van der Waals surface area contributed by atoms with Crippen LogP contribution in [-0.4, -0.2) is 31.1 Å². The molecule has 0 unspecified atom stereocenters. The van der Waals surface area contributed by atoms with E-state index in [0.29, 0.717) is 28.3 Å². The molecule has 2 rings (SSSR count). The average Bonchev–Trinajstić information content (AvgIpc) is 2.82. The van der Waals surface area contributed by atoms with Crippen LogP contribution in [0.2, 0.25) is 0 Å². The first-order valence-electron chi connectivity index (χ1n) is 6.62. The van der Waals surface area contributed by atoms with Gasteiger partial charge in [0.2, 0.25) is 0 Å². The van der Waals surface area contributed by atoms with E-state index in [-0.39, 0.29) is 5.69 Å². The largest absolute Gasteiger partial charge is 0.493 e. The molecule has 0 aliphatic carbocycles. The number of aryl methyl sites for hydroxylation is 1. The van der Waals surface area contributed by atoms with E-state index in [9.17, 15) is 9.59 Å². The van der Waals surface area contributed by atoms with Gasteiger partial charge in [0.05, 0.1) is 19.8 Å². The first-order chi connectivity index (χ1) is 10.5. The molecule has 0 saturated carbocycles. The minimum absolute atomic E-state index is 0.212. The number of ether oxygens (including phenoxy) is 3. The van der Waals surface area contributed by atoms with Gasteiger partial charge in [0.1, 0.15) is 5.69 Å². The van der Waals surface area contributed by atoms with Crippen LogP contribution in [0.15, 0.2) is 24.3 Å². The lowest BCUT2D eigenvalue weighted by Gasteiger charge is -2.08. The summed E-state index contributed by atoms with van der Waals surface area (Å²) in [5, 5.41) is 0. The van der Waals surface area contributed by atoms with Crippen LogP contribution in [0, 0.1) is 13.8 Å². The van der Waals surface area contributed by atoms with Gasteiger partial charge in [0.15, 0.2) is 11.5 Å². The van der Waals surface area contributed by atoms with E-state index in [0.717, 1.165) is 0 Å². The number of methoxy groups -OCH3 is 2. The molecule has 6 heteroatoms. The van der Waals surface area contributed by atoms with Gasteiger partial charge in [-0.25, -0.2) is 9.59 Å². The zero-order valence-electron chi connectivity index (χ0n) is 12.9. The molecule has 1 N–H and O–H groups in total. The van der Waals surface area contributed by atoms with Crippen molar-refractivity contribution in [3.63, 3.8) is 0 Å². The van der Waals surface area contributed by atoms with E-state index >= 15 is 0 Å². The summed E-state index contributed by atoms with van der Waals surface area (Å²) in [4.78, 5) is 26.9. The molecule has 6 nitrogen and oxygen atoms in total. The first kappa shape index (κ1) is 15.6. The summed E-state index contributed by atoms with van der Waals surface area (Å²) in [7, 11) is 2.78. The molecule has 0 atom stereocenters. The molecular weight excluding hydrogens is 286 g/mol. The molecule has 0 aliphatic heterocycles. The van der Waals surface area contributed by atoms with Gasteiger partial charge in [-0.05, 0) is 31.5 Å². The molecule has 0 amide bonds. The second kappa shape index (κ2) is 6.34. The predicted octanol–water partition coefficient (Wildman–Crippen LogP) is 2.65. The van der Waals surface area contributed by atoms with Crippen molar-refractivity contribution in [2.24, 2.45) is 0 Å². The number of rotatable bonds is 4. The third-order valence-corrected chi connectivity index (χ3v) is 3.30. The van der Waals surface area contributed by atoms with E-state index in [4.69, 9.17) is 14.2 Å². The Hall–Kier alpha value is -2.76. The Morgan fingerprint density at radius 1 is 1.00 bits per heavy atom. The lowest BCUT2D eigenvalue weighted by molar-refractivity contribution is 0.0599. The average molecular weight is 303 g/mol. The molecule has 0 aliphatic rings. The standard InChI is InChI=1S/C16H17NO5/c1-9-13(15(18)21-4)10(2)17-14(9)16(19)22-12-8-6-5-7-11(12)20-3/h5-8,17H,1-4H3. The summed E-state index contributed by atoms with van der Waals surface area (Å²) in [5.41, 5.74) is 1.60. The maximum Gasteiger partial charge on any atom is 0.360 e. The van der Waals surface area contributed by atoms with Gasteiger partial charge >= 0.3 is 11.9 Å². The summed E-state index contributed by atoms with van der Waals surface area (Å²) in [5.74, 6) is -0.339. The van der Waals surface area contributed by atoms with Crippen LogP contribution in [-0.2, 0) is 4.74 Å². The fraction of sp³-hybridized carbons (Fsp3) is 0.250. The third-order valence-electron chi connectivity index (χ3n) is 3.30. The molecule has 22 heavy (non-hydrogen) atoms. The highest BCUT2D eigenvalue weighted by molar-refractivity contribution is 5.99. The van der Waals surface area contributed by atoms with Crippen molar-refractivity contribution in [2.75, 3.05) is 14.2 Å². The Kier molecular flexibility index (Phi) is 4.50. The topological polar surface area (TPSA) is 77.6 Å². The fourth-order valence-electron chi connectivity index (χ4n) is 2.22. The molecule has 1 aromatic carbocycles. The van der Waals surface area contributed by atoms with Crippen LogP contribution in [0.25, 0.3) is 0 Å². The van der Waals surface area contributed by atoms with Gasteiger partial charge in [-0.2, -0.15) is 0 Å². The van der Waals surface area contributed by atoms with E-state index in [1.54, 1.807) is 38.1 Å². The number of nitrogens with one attached hydrogen (secondary N) is 1. The summed E-state index contributed by atoms with van der Waals surface area (Å²) < 4.78 is 15.2. The molecule has 0 bridgehead atoms. The maximum absolute atomic E-state index is 12.3. The number of para-hydroxylation sites is 2. The summed E-state index contributed by atoms with van der Waals surface area (Å²) in [6, 6.07) is 6.83. The van der Waals surface area contributed by atoms with Gasteiger partial charge < -0.3 is 19.2 Å². The van der Waals surface area contributed by atoms with Crippen LogP contribution < -0.4 is 9.47 Å². The van der Waals surface area contributed by atoms with Gasteiger partial charge in [-0.1, -0.05) is 12.1 Å². The van der Waals surface area contributed by atoms with E-state index in [1.807, 2.05) is 0 Å². The predicted molar refractivity (Wildman–Crippen MR) is 79.6 cm³/mol. The lowest BCUT2D eigenvalue weighted by Crippen LogP contribution is -2.11. The maximum atomic E-state index is 12.3. The van der Waals surface area contributed by atoms with Crippen molar-refractivity contribution in [1.82, 2.24) is 4.98 Å². The van der Waals surface area contributed by atoms with Gasteiger partial charge in [0, 0.05) is 5.69 Å². The fourth-order valence-corrected chi connectivity index (χ4v) is 2.22. The number of carbonyl (C=O) groups excluding carboxylic acids is 2. The highest BCUT2D eigenvalue weighted by Crippen LogP contribution is 2.27. The summed E-state index contributed by atoms with van der Waals surface area (Å²) in [6.07, 6.45) is 0.